The minimum absolute atomic E-state index is 0.344. The number of aromatic nitrogens is 4. The van der Waals surface area contributed by atoms with Crippen molar-refractivity contribution >= 4 is 5.97 Å². The molecule has 1 aliphatic rings. The van der Waals surface area contributed by atoms with E-state index in [0.29, 0.717) is 17.9 Å². The van der Waals surface area contributed by atoms with Gasteiger partial charge in [-0.2, -0.15) is 0 Å². The third-order valence-corrected chi connectivity index (χ3v) is 4.75. The Morgan fingerprint density at radius 3 is 2.48 bits per heavy atom. The lowest BCUT2D eigenvalue weighted by atomic mass is 9.69. The number of hydrogen-bond donors (Lipinski definition) is 1. The second-order valence-corrected chi connectivity index (χ2v) is 7.37. The molecule has 1 heterocycles. The highest BCUT2D eigenvalue weighted by Crippen LogP contribution is 2.42. The Kier molecular flexibility index (Phi) is 4.64. The summed E-state index contributed by atoms with van der Waals surface area (Å²) in [6.07, 6.45) is 4.55. The Morgan fingerprint density at radius 2 is 1.95 bits per heavy atom. The summed E-state index contributed by atoms with van der Waals surface area (Å²) in [4.78, 5) is 11.0. The Bertz CT molecular complexity index is 484. The number of carbonyl (C=O) groups is 1. The summed E-state index contributed by atoms with van der Waals surface area (Å²) in [7, 11) is 0. The molecule has 1 aromatic rings. The van der Waals surface area contributed by atoms with E-state index >= 15 is 0 Å². The molecule has 1 saturated carbocycles. The molecule has 0 spiro atoms. The monoisotopic (exact) mass is 294 g/mol. The van der Waals surface area contributed by atoms with Gasteiger partial charge in [0.2, 0.25) is 0 Å². The van der Waals surface area contributed by atoms with Gasteiger partial charge >= 0.3 is 5.97 Å². The second kappa shape index (κ2) is 6.12. The van der Waals surface area contributed by atoms with Crippen molar-refractivity contribution in [3.05, 3.63) is 5.82 Å². The topological polar surface area (TPSA) is 80.9 Å². The van der Waals surface area contributed by atoms with Crippen LogP contribution in [0.1, 0.15) is 65.1 Å². The maximum absolute atomic E-state index is 11.0. The smallest absolute Gasteiger partial charge is 0.308 e. The number of tetrazole rings is 1. The highest BCUT2D eigenvalue weighted by molar-refractivity contribution is 5.69. The maximum atomic E-state index is 11.0. The number of nitrogens with zero attached hydrogens (tertiary/aromatic N) is 4. The fraction of sp³-hybridized carbons (Fsp3) is 0.867. The molecule has 1 N–H and O–H groups in total. The van der Waals surface area contributed by atoms with Crippen LogP contribution in [0.5, 0.6) is 0 Å². The quantitative estimate of drug-likeness (QED) is 0.923. The number of carboxylic acids is 1. The van der Waals surface area contributed by atoms with Crippen molar-refractivity contribution in [2.75, 3.05) is 0 Å². The fourth-order valence-corrected chi connectivity index (χ4v) is 3.19. The number of aliphatic carboxylic acids is 1. The molecule has 0 bridgehead atoms. The third kappa shape index (κ3) is 3.80. The summed E-state index contributed by atoms with van der Waals surface area (Å²) in [5.74, 6) is 0.678. The molecular weight excluding hydrogens is 268 g/mol. The largest absolute Gasteiger partial charge is 0.481 e. The molecule has 1 aliphatic carbocycles. The zero-order valence-corrected chi connectivity index (χ0v) is 13.4. The van der Waals surface area contributed by atoms with Crippen molar-refractivity contribution in [2.24, 2.45) is 17.3 Å². The van der Waals surface area contributed by atoms with E-state index < -0.39 is 11.9 Å². The van der Waals surface area contributed by atoms with Gasteiger partial charge in [-0.3, -0.25) is 4.79 Å². The molecule has 1 unspecified atom stereocenters. The van der Waals surface area contributed by atoms with Gasteiger partial charge in [0, 0.05) is 5.92 Å². The van der Waals surface area contributed by atoms with Crippen LogP contribution in [0.3, 0.4) is 0 Å². The molecule has 1 aromatic heterocycles. The van der Waals surface area contributed by atoms with Crippen LogP contribution < -0.4 is 0 Å². The van der Waals surface area contributed by atoms with E-state index in [1.807, 2.05) is 0 Å². The van der Waals surface area contributed by atoms with Crippen molar-refractivity contribution in [3.8, 4) is 0 Å². The first-order valence-corrected chi connectivity index (χ1v) is 7.78. The fourth-order valence-electron chi connectivity index (χ4n) is 3.19. The van der Waals surface area contributed by atoms with Crippen molar-refractivity contribution in [1.29, 1.82) is 0 Å². The van der Waals surface area contributed by atoms with Crippen LogP contribution in [0, 0.1) is 17.3 Å². The molecule has 0 radical (unpaired) electrons. The van der Waals surface area contributed by atoms with Crippen LogP contribution in [0.25, 0.3) is 0 Å². The lowest BCUT2D eigenvalue weighted by Gasteiger charge is -2.36. The maximum Gasteiger partial charge on any atom is 0.308 e. The molecule has 6 nitrogen and oxygen atoms in total. The van der Waals surface area contributed by atoms with Gasteiger partial charge in [0.25, 0.3) is 0 Å². The van der Waals surface area contributed by atoms with Crippen LogP contribution in [-0.2, 0) is 11.3 Å². The predicted octanol–water partition coefficient (Wildman–Crippen LogP) is 2.71. The standard InChI is InChI=1S/C15H26N4O2/c1-10(14(20)21)9-19-13(16-17-18-19)11-5-7-12(8-6-11)15(2,3)4/h10-12H,5-9H2,1-4H3,(H,20,21). The summed E-state index contributed by atoms with van der Waals surface area (Å²) >= 11 is 0. The van der Waals surface area contributed by atoms with Gasteiger partial charge < -0.3 is 5.11 Å². The van der Waals surface area contributed by atoms with Gasteiger partial charge in [0.05, 0.1) is 12.5 Å². The van der Waals surface area contributed by atoms with Gasteiger partial charge in [-0.1, -0.05) is 27.7 Å². The normalized spacial score (nSPS) is 24.8. The molecule has 21 heavy (non-hydrogen) atoms. The lowest BCUT2D eigenvalue weighted by molar-refractivity contribution is -0.141. The van der Waals surface area contributed by atoms with E-state index in [1.54, 1.807) is 11.6 Å². The SMILES string of the molecule is CC(Cn1nnnc1C1CCC(C(C)(C)C)CC1)C(=O)O. The van der Waals surface area contributed by atoms with Crippen molar-refractivity contribution in [1.82, 2.24) is 20.2 Å². The zero-order chi connectivity index (χ0) is 15.6. The van der Waals surface area contributed by atoms with Crippen LogP contribution in [0.2, 0.25) is 0 Å². The molecule has 0 aromatic carbocycles. The Labute approximate surface area is 125 Å². The van der Waals surface area contributed by atoms with Gasteiger partial charge in [-0.15, -0.1) is 5.10 Å². The van der Waals surface area contributed by atoms with Crippen molar-refractivity contribution in [3.63, 3.8) is 0 Å². The molecule has 0 saturated heterocycles. The molecule has 0 amide bonds. The number of hydrogen-bond acceptors (Lipinski definition) is 4. The Hall–Kier alpha value is -1.46. The van der Waals surface area contributed by atoms with Crippen LogP contribution in [-0.4, -0.2) is 31.3 Å². The molecule has 1 fully saturated rings. The lowest BCUT2D eigenvalue weighted by Crippen LogP contribution is -2.27. The highest BCUT2D eigenvalue weighted by atomic mass is 16.4. The van der Waals surface area contributed by atoms with E-state index in [-0.39, 0.29) is 0 Å². The van der Waals surface area contributed by atoms with E-state index in [0.717, 1.165) is 24.6 Å². The summed E-state index contributed by atoms with van der Waals surface area (Å²) in [5, 5.41) is 20.9. The molecule has 6 heteroatoms. The predicted molar refractivity (Wildman–Crippen MR) is 78.8 cm³/mol. The Balaban J connectivity index is 2.01. The number of rotatable bonds is 4. The minimum Gasteiger partial charge on any atom is -0.481 e. The van der Waals surface area contributed by atoms with Gasteiger partial charge in [0.1, 0.15) is 0 Å². The minimum atomic E-state index is -0.812. The van der Waals surface area contributed by atoms with Gasteiger partial charge in [-0.05, 0) is 47.4 Å². The van der Waals surface area contributed by atoms with E-state index in [9.17, 15) is 4.79 Å². The highest BCUT2D eigenvalue weighted by Gasteiger charge is 2.32. The molecular formula is C15H26N4O2. The Morgan fingerprint density at radius 1 is 1.33 bits per heavy atom. The van der Waals surface area contributed by atoms with Crippen LogP contribution in [0.15, 0.2) is 0 Å². The molecule has 1 atom stereocenters. The average Bonchev–Trinajstić information content (AvgIpc) is 2.86. The number of carboxylic acid groups (broad SMARTS) is 1. The van der Waals surface area contributed by atoms with Crippen molar-refractivity contribution in [2.45, 2.75) is 65.8 Å². The average molecular weight is 294 g/mol. The summed E-state index contributed by atoms with van der Waals surface area (Å²) in [6, 6.07) is 0. The summed E-state index contributed by atoms with van der Waals surface area (Å²) in [6.45, 7) is 8.94. The first-order valence-electron chi connectivity index (χ1n) is 7.78. The molecule has 2 rings (SSSR count). The summed E-state index contributed by atoms with van der Waals surface area (Å²) in [5.41, 5.74) is 0.356. The van der Waals surface area contributed by atoms with E-state index in [2.05, 4.69) is 36.3 Å². The van der Waals surface area contributed by atoms with Crippen LogP contribution in [0.4, 0.5) is 0 Å². The third-order valence-electron chi connectivity index (χ3n) is 4.75. The first kappa shape index (κ1) is 15.9. The second-order valence-electron chi connectivity index (χ2n) is 7.37. The molecule has 118 valence electrons. The zero-order valence-electron chi connectivity index (χ0n) is 13.4. The van der Waals surface area contributed by atoms with Crippen LogP contribution >= 0.6 is 0 Å². The summed E-state index contributed by atoms with van der Waals surface area (Å²) < 4.78 is 1.68. The van der Waals surface area contributed by atoms with Gasteiger partial charge in [-0.25, -0.2) is 4.68 Å². The first-order chi connectivity index (χ1) is 9.79. The van der Waals surface area contributed by atoms with Crippen molar-refractivity contribution < 1.29 is 9.90 Å². The molecule has 0 aliphatic heterocycles. The van der Waals surface area contributed by atoms with E-state index in [4.69, 9.17) is 5.11 Å². The van der Waals surface area contributed by atoms with E-state index in [1.165, 1.54) is 12.8 Å². The van der Waals surface area contributed by atoms with Gasteiger partial charge in [0.15, 0.2) is 5.82 Å².